The zero-order valence-corrected chi connectivity index (χ0v) is 13.8. The standard InChI is InChI=1S/C17H25NO4/c1-11(2)15(16(20)21)18-14(19)10-22-13-8-6-12(7-9-13)17(3,4)5/h6-9,11,15H,10H2,1-5H3,(H,18,19)(H,20,21)/p-1/t15-/m1/s1. The monoisotopic (exact) mass is 306 g/mol. The van der Waals surface area contributed by atoms with Crippen LogP contribution in [0.5, 0.6) is 5.75 Å². The van der Waals surface area contributed by atoms with Crippen LogP contribution in [0, 0.1) is 5.92 Å². The number of carbonyl (C=O) groups is 2. The van der Waals surface area contributed by atoms with Crippen LogP contribution in [-0.4, -0.2) is 24.5 Å². The molecule has 5 nitrogen and oxygen atoms in total. The Labute approximate surface area is 131 Å². The molecule has 0 spiro atoms. The third-order valence-electron chi connectivity index (χ3n) is 3.33. The highest BCUT2D eigenvalue weighted by atomic mass is 16.5. The number of hydrogen-bond acceptors (Lipinski definition) is 4. The van der Waals surface area contributed by atoms with Crippen molar-refractivity contribution in [1.29, 1.82) is 0 Å². The Kier molecular flexibility index (Phi) is 5.97. The molecule has 0 aliphatic rings. The summed E-state index contributed by atoms with van der Waals surface area (Å²) < 4.78 is 5.37. The maximum Gasteiger partial charge on any atom is 0.258 e. The normalized spacial score (nSPS) is 12.8. The molecule has 0 saturated heterocycles. The van der Waals surface area contributed by atoms with Crippen molar-refractivity contribution in [2.24, 2.45) is 5.92 Å². The molecule has 1 atom stereocenters. The summed E-state index contributed by atoms with van der Waals surface area (Å²) in [6.45, 7) is 9.51. The SMILES string of the molecule is CC(C)[C@@H](NC(=O)COc1ccc(C(C)(C)C)cc1)C(=O)[O-]. The van der Waals surface area contributed by atoms with E-state index in [2.05, 4.69) is 26.1 Å². The molecule has 0 aliphatic carbocycles. The van der Waals surface area contributed by atoms with Crippen molar-refractivity contribution < 1.29 is 19.4 Å². The third kappa shape index (κ3) is 5.39. The Hall–Kier alpha value is -2.04. The van der Waals surface area contributed by atoms with Gasteiger partial charge < -0.3 is 20.0 Å². The van der Waals surface area contributed by atoms with Crippen LogP contribution < -0.4 is 15.2 Å². The van der Waals surface area contributed by atoms with E-state index in [1.54, 1.807) is 26.0 Å². The van der Waals surface area contributed by atoms with Gasteiger partial charge in [-0.15, -0.1) is 0 Å². The summed E-state index contributed by atoms with van der Waals surface area (Å²) in [5.74, 6) is -1.46. The van der Waals surface area contributed by atoms with E-state index in [4.69, 9.17) is 4.74 Å². The molecule has 122 valence electrons. The first-order valence-electron chi connectivity index (χ1n) is 7.35. The molecule has 0 aromatic heterocycles. The fourth-order valence-corrected chi connectivity index (χ4v) is 1.91. The molecule has 5 heteroatoms. The number of hydrogen-bond donors (Lipinski definition) is 1. The number of nitrogens with one attached hydrogen (secondary N) is 1. The zero-order valence-electron chi connectivity index (χ0n) is 13.8. The zero-order chi connectivity index (χ0) is 16.9. The lowest BCUT2D eigenvalue weighted by atomic mass is 9.87. The number of carboxylic acids is 1. The van der Waals surface area contributed by atoms with Gasteiger partial charge in [-0.1, -0.05) is 46.8 Å². The van der Waals surface area contributed by atoms with Crippen molar-refractivity contribution in [3.63, 3.8) is 0 Å². The molecule has 0 heterocycles. The Morgan fingerprint density at radius 3 is 2.14 bits per heavy atom. The van der Waals surface area contributed by atoms with Gasteiger partial charge in [0.15, 0.2) is 6.61 Å². The van der Waals surface area contributed by atoms with Gasteiger partial charge in [-0.25, -0.2) is 0 Å². The Morgan fingerprint density at radius 1 is 1.18 bits per heavy atom. The second-order valence-electron chi connectivity index (χ2n) is 6.67. The van der Waals surface area contributed by atoms with Crippen LogP contribution in [0.1, 0.15) is 40.2 Å². The molecular weight excluding hydrogens is 282 g/mol. The number of aliphatic carboxylic acids is 1. The first-order valence-corrected chi connectivity index (χ1v) is 7.35. The van der Waals surface area contributed by atoms with E-state index in [0.29, 0.717) is 5.75 Å². The molecular formula is C17H24NO4-. The van der Waals surface area contributed by atoms with Gasteiger partial charge in [0, 0.05) is 0 Å². The fraction of sp³-hybridized carbons (Fsp3) is 0.529. The maximum absolute atomic E-state index is 11.7. The van der Waals surface area contributed by atoms with Gasteiger partial charge in [0.2, 0.25) is 0 Å². The van der Waals surface area contributed by atoms with E-state index in [0.717, 1.165) is 0 Å². The van der Waals surface area contributed by atoms with Gasteiger partial charge in [-0.3, -0.25) is 4.79 Å². The molecule has 0 radical (unpaired) electrons. The summed E-state index contributed by atoms with van der Waals surface area (Å²) >= 11 is 0. The maximum atomic E-state index is 11.7. The van der Waals surface area contributed by atoms with Crippen molar-refractivity contribution >= 4 is 11.9 Å². The first kappa shape index (κ1) is 18.0. The number of carboxylic acid groups (broad SMARTS) is 1. The average Bonchev–Trinajstić information content (AvgIpc) is 2.41. The summed E-state index contributed by atoms with van der Waals surface area (Å²) in [5, 5.41) is 13.3. The minimum Gasteiger partial charge on any atom is -0.548 e. The van der Waals surface area contributed by atoms with Crippen molar-refractivity contribution in [2.75, 3.05) is 6.61 Å². The quantitative estimate of drug-likeness (QED) is 0.858. The fourth-order valence-electron chi connectivity index (χ4n) is 1.91. The predicted octanol–water partition coefficient (Wildman–Crippen LogP) is 1.25. The van der Waals surface area contributed by atoms with E-state index in [9.17, 15) is 14.7 Å². The second kappa shape index (κ2) is 7.29. The topological polar surface area (TPSA) is 78.5 Å². The Bertz CT molecular complexity index is 514. The molecule has 0 unspecified atom stereocenters. The first-order chi connectivity index (χ1) is 10.1. The van der Waals surface area contributed by atoms with Crippen molar-refractivity contribution in [3.05, 3.63) is 29.8 Å². The summed E-state index contributed by atoms with van der Waals surface area (Å²) in [6, 6.07) is 6.48. The Morgan fingerprint density at radius 2 is 1.73 bits per heavy atom. The number of rotatable bonds is 6. The van der Waals surface area contributed by atoms with Gasteiger partial charge in [0.05, 0.1) is 12.0 Å². The molecule has 22 heavy (non-hydrogen) atoms. The molecule has 1 amide bonds. The van der Waals surface area contributed by atoms with Crippen molar-refractivity contribution in [2.45, 2.75) is 46.1 Å². The number of benzene rings is 1. The minimum absolute atomic E-state index is 0.0505. The van der Waals surface area contributed by atoms with Crippen molar-refractivity contribution in [3.8, 4) is 5.75 Å². The van der Waals surface area contributed by atoms with Crippen molar-refractivity contribution in [1.82, 2.24) is 5.32 Å². The van der Waals surface area contributed by atoms with Crippen LogP contribution in [0.2, 0.25) is 0 Å². The Balaban J connectivity index is 2.55. The number of carbonyl (C=O) groups excluding carboxylic acids is 2. The molecule has 0 fully saturated rings. The molecule has 0 aliphatic heterocycles. The lowest BCUT2D eigenvalue weighted by Crippen LogP contribution is -2.51. The van der Waals surface area contributed by atoms with Crippen LogP contribution in [0.25, 0.3) is 0 Å². The smallest absolute Gasteiger partial charge is 0.258 e. The summed E-state index contributed by atoms with van der Waals surface area (Å²) in [6.07, 6.45) is 0. The molecule has 0 saturated carbocycles. The van der Waals surface area contributed by atoms with Gasteiger partial charge in [-0.05, 0) is 29.0 Å². The number of amides is 1. The number of ether oxygens (including phenoxy) is 1. The van der Waals surface area contributed by atoms with E-state index < -0.39 is 17.9 Å². The molecule has 1 aromatic carbocycles. The van der Waals surface area contributed by atoms with Crippen LogP contribution in [0.4, 0.5) is 0 Å². The third-order valence-corrected chi connectivity index (χ3v) is 3.33. The van der Waals surface area contributed by atoms with Crippen LogP contribution in [0.3, 0.4) is 0 Å². The largest absolute Gasteiger partial charge is 0.548 e. The van der Waals surface area contributed by atoms with Gasteiger partial charge in [0.25, 0.3) is 5.91 Å². The van der Waals surface area contributed by atoms with Crippen LogP contribution in [0.15, 0.2) is 24.3 Å². The molecule has 1 aromatic rings. The van der Waals surface area contributed by atoms with Gasteiger partial charge in [-0.2, -0.15) is 0 Å². The molecule has 1 rings (SSSR count). The van der Waals surface area contributed by atoms with Gasteiger partial charge >= 0.3 is 0 Å². The molecule has 0 bridgehead atoms. The summed E-state index contributed by atoms with van der Waals surface area (Å²) in [5.41, 5.74) is 1.22. The second-order valence-corrected chi connectivity index (χ2v) is 6.67. The van der Waals surface area contributed by atoms with E-state index in [1.807, 2.05) is 12.1 Å². The van der Waals surface area contributed by atoms with E-state index in [-0.39, 0.29) is 17.9 Å². The lowest BCUT2D eigenvalue weighted by molar-refractivity contribution is -0.309. The average molecular weight is 306 g/mol. The van der Waals surface area contributed by atoms with Crippen LogP contribution in [-0.2, 0) is 15.0 Å². The predicted molar refractivity (Wildman–Crippen MR) is 82.4 cm³/mol. The summed E-state index contributed by atoms with van der Waals surface area (Å²) in [7, 11) is 0. The van der Waals surface area contributed by atoms with E-state index in [1.165, 1.54) is 5.56 Å². The van der Waals surface area contributed by atoms with Crippen LogP contribution >= 0.6 is 0 Å². The highest BCUT2D eigenvalue weighted by Crippen LogP contribution is 2.24. The minimum atomic E-state index is -1.29. The van der Waals surface area contributed by atoms with Gasteiger partial charge in [0.1, 0.15) is 5.75 Å². The van der Waals surface area contributed by atoms with E-state index >= 15 is 0 Å². The summed E-state index contributed by atoms with van der Waals surface area (Å²) in [4.78, 5) is 22.7. The molecule has 1 N–H and O–H groups in total. The highest BCUT2D eigenvalue weighted by Gasteiger charge is 2.17. The lowest BCUT2D eigenvalue weighted by Gasteiger charge is -2.23. The highest BCUT2D eigenvalue weighted by molar-refractivity contribution is 5.83.